The van der Waals surface area contributed by atoms with Crippen LogP contribution in [0, 0.1) is 4.77 Å². The van der Waals surface area contributed by atoms with Crippen molar-refractivity contribution in [3.05, 3.63) is 35.1 Å². The quantitative estimate of drug-likeness (QED) is 0.874. The summed E-state index contributed by atoms with van der Waals surface area (Å²) in [6, 6.07) is 10.1. The molecule has 0 unspecified atom stereocenters. The average molecular weight is 274 g/mol. The van der Waals surface area contributed by atoms with E-state index in [1.807, 2.05) is 35.0 Å². The molecule has 2 aromatic rings. The van der Waals surface area contributed by atoms with Gasteiger partial charge < -0.3 is 0 Å². The van der Waals surface area contributed by atoms with E-state index in [0.29, 0.717) is 4.77 Å². The van der Waals surface area contributed by atoms with Gasteiger partial charge in [0.1, 0.15) is 0 Å². The summed E-state index contributed by atoms with van der Waals surface area (Å²) in [6.07, 6.45) is 3.92. The lowest BCUT2D eigenvalue weighted by atomic mass is 10.1. The normalized spacial score (nSPS) is 16.6. The van der Waals surface area contributed by atoms with Gasteiger partial charge in [0.15, 0.2) is 5.82 Å². The van der Waals surface area contributed by atoms with Crippen LogP contribution in [0.3, 0.4) is 0 Å². The van der Waals surface area contributed by atoms with Crippen LogP contribution in [0.4, 0.5) is 0 Å². The fourth-order valence-corrected chi connectivity index (χ4v) is 2.67. The number of benzene rings is 1. The van der Waals surface area contributed by atoms with Gasteiger partial charge in [-0.3, -0.25) is 10.00 Å². The smallest absolute Gasteiger partial charge is 0.217 e. The summed E-state index contributed by atoms with van der Waals surface area (Å²) in [5, 5.41) is 3.30. The molecule has 0 amide bonds. The van der Waals surface area contributed by atoms with Gasteiger partial charge >= 0.3 is 0 Å². The van der Waals surface area contributed by atoms with Gasteiger partial charge in [0.05, 0.1) is 6.67 Å². The number of H-pyrrole nitrogens is 1. The number of nitrogens with zero attached hydrogens (tertiary/aromatic N) is 3. The molecule has 1 fully saturated rings. The molecule has 1 N–H and O–H groups in total. The van der Waals surface area contributed by atoms with Crippen molar-refractivity contribution in [3.8, 4) is 11.4 Å². The first-order chi connectivity index (χ1) is 9.33. The molecule has 4 nitrogen and oxygen atoms in total. The first-order valence-electron chi connectivity index (χ1n) is 6.77. The first kappa shape index (κ1) is 12.6. The van der Waals surface area contributed by atoms with Gasteiger partial charge in [0, 0.05) is 5.56 Å². The van der Waals surface area contributed by atoms with E-state index in [-0.39, 0.29) is 0 Å². The summed E-state index contributed by atoms with van der Waals surface area (Å²) in [6.45, 7) is 3.13. The predicted octanol–water partition coefficient (Wildman–Crippen LogP) is 3.05. The summed E-state index contributed by atoms with van der Waals surface area (Å²) in [7, 11) is 0. The van der Waals surface area contributed by atoms with E-state index < -0.39 is 0 Å². The van der Waals surface area contributed by atoms with Gasteiger partial charge in [-0.2, -0.15) is 4.98 Å². The summed E-state index contributed by atoms with van der Waals surface area (Å²) >= 11 is 5.34. The number of nitrogens with one attached hydrogen (secondary N) is 1. The summed E-state index contributed by atoms with van der Waals surface area (Å²) in [5.74, 6) is 0.850. The largest absolute Gasteiger partial charge is 0.284 e. The fraction of sp³-hybridized carbons (Fsp3) is 0.429. The van der Waals surface area contributed by atoms with E-state index in [0.717, 1.165) is 31.1 Å². The Hall–Kier alpha value is -1.46. The van der Waals surface area contributed by atoms with Gasteiger partial charge in [-0.25, -0.2) is 4.68 Å². The topological polar surface area (TPSA) is 36.9 Å². The summed E-state index contributed by atoms with van der Waals surface area (Å²) in [5.41, 5.74) is 1.07. The number of aromatic amines is 1. The third-order valence-corrected chi connectivity index (χ3v) is 3.83. The zero-order valence-electron chi connectivity index (χ0n) is 10.9. The van der Waals surface area contributed by atoms with Gasteiger partial charge in [-0.05, 0) is 38.1 Å². The van der Waals surface area contributed by atoms with Crippen LogP contribution < -0.4 is 0 Å². The highest BCUT2D eigenvalue weighted by molar-refractivity contribution is 7.71. The zero-order chi connectivity index (χ0) is 13.1. The lowest BCUT2D eigenvalue weighted by molar-refractivity contribution is 0.172. The Morgan fingerprint density at radius 3 is 2.58 bits per heavy atom. The van der Waals surface area contributed by atoms with Crippen molar-refractivity contribution in [3.63, 3.8) is 0 Å². The van der Waals surface area contributed by atoms with E-state index in [4.69, 9.17) is 12.2 Å². The van der Waals surface area contributed by atoms with Crippen molar-refractivity contribution in [1.82, 2.24) is 19.7 Å². The van der Waals surface area contributed by atoms with Crippen LogP contribution in [-0.4, -0.2) is 32.8 Å². The van der Waals surface area contributed by atoms with Crippen LogP contribution in [-0.2, 0) is 6.67 Å². The SMILES string of the molecule is S=c1nc(-c2ccccc2)[nH]n1CN1CCCCC1. The highest BCUT2D eigenvalue weighted by atomic mass is 32.1. The molecule has 0 bridgehead atoms. The fourth-order valence-electron chi connectivity index (χ4n) is 2.48. The van der Waals surface area contributed by atoms with Gasteiger partial charge in [0.2, 0.25) is 4.77 Å². The van der Waals surface area contributed by atoms with Gasteiger partial charge in [-0.1, -0.05) is 36.8 Å². The van der Waals surface area contributed by atoms with Gasteiger partial charge in [0.25, 0.3) is 0 Å². The molecule has 0 radical (unpaired) electrons. The van der Waals surface area contributed by atoms with Gasteiger partial charge in [-0.15, -0.1) is 0 Å². The van der Waals surface area contributed by atoms with Crippen LogP contribution >= 0.6 is 12.2 Å². The Bertz CT molecular complexity index is 581. The number of hydrogen-bond acceptors (Lipinski definition) is 3. The van der Waals surface area contributed by atoms with E-state index in [9.17, 15) is 0 Å². The Morgan fingerprint density at radius 2 is 1.84 bits per heavy atom. The molecule has 0 spiro atoms. The van der Waals surface area contributed by atoms with E-state index in [1.165, 1.54) is 19.3 Å². The van der Waals surface area contributed by atoms with Crippen molar-refractivity contribution in [2.24, 2.45) is 0 Å². The molecule has 2 heterocycles. The molecular formula is C14H18N4S. The number of rotatable bonds is 3. The van der Waals surface area contributed by atoms with E-state index >= 15 is 0 Å². The number of aromatic nitrogens is 3. The molecule has 0 saturated carbocycles. The molecule has 1 aromatic carbocycles. The molecule has 5 heteroatoms. The Labute approximate surface area is 118 Å². The number of hydrogen-bond donors (Lipinski definition) is 1. The number of likely N-dealkylation sites (tertiary alicyclic amines) is 1. The second-order valence-corrected chi connectivity index (χ2v) is 5.33. The van der Waals surface area contributed by atoms with Crippen molar-refractivity contribution < 1.29 is 0 Å². The molecule has 3 rings (SSSR count). The minimum atomic E-state index is 0.629. The molecule has 1 aromatic heterocycles. The van der Waals surface area contributed by atoms with Crippen LogP contribution in [0.5, 0.6) is 0 Å². The Kier molecular flexibility index (Phi) is 3.75. The third kappa shape index (κ3) is 2.93. The van der Waals surface area contributed by atoms with Crippen molar-refractivity contribution >= 4 is 12.2 Å². The van der Waals surface area contributed by atoms with Crippen molar-refractivity contribution in [1.29, 1.82) is 0 Å². The third-order valence-electron chi connectivity index (χ3n) is 3.52. The molecule has 0 aliphatic carbocycles. The summed E-state index contributed by atoms with van der Waals surface area (Å²) < 4.78 is 2.59. The van der Waals surface area contributed by atoms with E-state index in [2.05, 4.69) is 15.0 Å². The van der Waals surface area contributed by atoms with Crippen molar-refractivity contribution in [2.75, 3.05) is 13.1 Å². The second-order valence-electron chi connectivity index (χ2n) is 4.97. The van der Waals surface area contributed by atoms with Crippen LogP contribution in [0.25, 0.3) is 11.4 Å². The monoisotopic (exact) mass is 274 g/mol. The van der Waals surface area contributed by atoms with E-state index in [1.54, 1.807) is 0 Å². The summed E-state index contributed by atoms with van der Waals surface area (Å²) in [4.78, 5) is 6.86. The molecule has 1 aliphatic rings. The molecule has 1 aliphatic heterocycles. The lowest BCUT2D eigenvalue weighted by Crippen LogP contribution is -2.32. The first-order valence-corrected chi connectivity index (χ1v) is 7.18. The highest BCUT2D eigenvalue weighted by Gasteiger charge is 2.12. The maximum Gasteiger partial charge on any atom is 0.217 e. The second kappa shape index (κ2) is 5.67. The van der Waals surface area contributed by atoms with Crippen LogP contribution in [0.2, 0.25) is 0 Å². The van der Waals surface area contributed by atoms with Crippen LogP contribution in [0.1, 0.15) is 19.3 Å². The predicted molar refractivity (Wildman–Crippen MR) is 78.3 cm³/mol. The maximum absolute atomic E-state index is 5.34. The highest BCUT2D eigenvalue weighted by Crippen LogP contribution is 2.15. The minimum Gasteiger partial charge on any atom is -0.284 e. The molecule has 19 heavy (non-hydrogen) atoms. The van der Waals surface area contributed by atoms with Crippen LogP contribution in [0.15, 0.2) is 30.3 Å². The maximum atomic E-state index is 5.34. The lowest BCUT2D eigenvalue weighted by Gasteiger charge is -2.26. The van der Waals surface area contributed by atoms with Crippen molar-refractivity contribution in [2.45, 2.75) is 25.9 Å². The Morgan fingerprint density at radius 1 is 1.11 bits per heavy atom. The minimum absolute atomic E-state index is 0.629. The standard InChI is InChI=1S/C14H18N4S/c19-14-15-13(12-7-3-1-4-8-12)16-18(14)11-17-9-5-2-6-10-17/h1,3-4,7-8H,2,5-6,9-11H2,(H,15,16,19). The average Bonchev–Trinajstić information content (AvgIpc) is 2.82. The Balaban J connectivity index is 1.79. The zero-order valence-corrected chi connectivity index (χ0v) is 11.7. The number of piperidine rings is 1. The molecule has 0 atom stereocenters. The molecule has 1 saturated heterocycles. The molecule has 100 valence electrons. The molecular weight excluding hydrogens is 256 g/mol.